The number of thiol groups is 1. The molecule has 3 nitrogen and oxygen atoms in total. The third kappa shape index (κ3) is 2.28. The fourth-order valence-electron chi connectivity index (χ4n) is 0.605. The Balaban J connectivity index is 4.12. The molecular formula is C4H11F2NO2S. The van der Waals surface area contributed by atoms with Gasteiger partial charge in [-0.2, -0.15) is 8.51 Å². The van der Waals surface area contributed by atoms with Gasteiger partial charge >= 0.3 is 0 Å². The molecule has 0 aliphatic carbocycles. The molecule has 64 valence electrons. The molecule has 0 spiro atoms. The summed E-state index contributed by atoms with van der Waals surface area (Å²) < 4.78 is 37.5. The first-order valence-corrected chi connectivity index (χ1v) is 4.40. The van der Waals surface area contributed by atoms with E-state index in [1.807, 2.05) is 0 Å². The van der Waals surface area contributed by atoms with Gasteiger partial charge in [0.25, 0.3) is 0 Å². The van der Waals surface area contributed by atoms with E-state index in [-0.39, 0.29) is 13.1 Å². The average Bonchev–Trinajstić information content (AvgIpc) is 1.90. The second kappa shape index (κ2) is 3.95. The molecule has 0 fully saturated rings. The standard InChI is InChI=1S/C4H11F2NO2S/c1-3-7(4-2)10(6,8)9-5/h10H,3-4H2,1-2H3. The van der Waals surface area contributed by atoms with E-state index in [4.69, 9.17) is 0 Å². The Morgan fingerprint density at radius 1 is 1.50 bits per heavy atom. The lowest BCUT2D eigenvalue weighted by atomic mass is 10.7. The molecule has 0 saturated heterocycles. The van der Waals surface area contributed by atoms with Gasteiger partial charge in [-0.15, -0.1) is 0 Å². The largest absolute Gasteiger partial charge is 0.186 e. The molecule has 0 heterocycles. The van der Waals surface area contributed by atoms with Crippen molar-refractivity contribution in [3.63, 3.8) is 0 Å². The maximum absolute atomic E-state index is 12.4. The van der Waals surface area contributed by atoms with Crippen LogP contribution in [-0.2, 0) is 15.2 Å². The SMILES string of the molecule is CCN(CC)[SH](=O)(F)OF. The lowest BCUT2D eigenvalue weighted by Crippen LogP contribution is -2.33. The zero-order valence-corrected chi connectivity index (χ0v) is 6.78. The Bertz CT molecular complexity index is 139. The Hall–Kier alpha value is -0.0700. The molecule has 0 aromatic heterocycles. The highest BCUT2D eigenvalue weighted by Crippen LogP contribution is 2.14. The molecule has 0 aromatic carbocycles. The Labute approximate surface area is 59.9 Å². The zero-order valence-electron chi connectivity index (χ0n) is 5.88. The summed E-state index contributed by atoms with van der Waals surface area (Å²) in [7, 11) is -4.62. The molecule has 0 bridgehead atoms. The molecule has 10 heavy (non-hydrogen) atoms. The van der Waals surface area contributed by atoms with Gasteiger partial charge in [-0.25, -0.2) is 0 Å². The summed E-state index contributed by atoms with van der Waals surface area (Å²) in [5, 5.41) is 0. The van der Waals surface area contributed by atoms with E-state index in [9.17, 15) is 12.6 Å². The average molecular weight is 175 g/mol. The van der Waals surface area contributed by atoms with Gasteiger partial charge in [-0.3, -0.25) is 0 Å². The van der Waals surface area contributed by atoms with Gasteiger partial charge in [0.15, 0.2) is 0 Å². The van der Waals surface area contributed by atoms with Crippen LogP contribution in [0.2, 0.25) is 0 Å². The van der Waals surface area contributed by atoms with Crippen molar-refractivity contribution in [2.75, 3.05) is 13.1 Å². The minimum absolute atomic E-state index is 0.161. The van der Waals surface area contributed by atoms with Crippen LogP contribution in [-0.4, -0.2) is 21.6 Å². The first kappa shape index (κ1) is 9.93. The van der Waals surface area contributed by atoms with Crippen LogP contribution in [0.4, 0.5) is 8.41 Å². The van der Waals surface area contributed by atoms with Crippen molar-refractivity contribution >= 4 is 10.8 Å². The van der Waals surface area contributed by atoms with Gasteiger partial charge in [0.05, 0.1) is 0 Å². The minimum atomic E-state index is -4.62. The molecule has 0 N–H and O–H groups in total. The first-order valence-electron chi connectivity index (χ1n) is 2.94. The molecule has 0 amide bonds. The van der Waals surface area contributed by atoms with Crippen molar-refractivity contribution in [2.24, 2.45) is 0 Å². The van der Waals surface area contributed by atoms with Gasteiger partial charge in [-0.1, -0.05) is 17.7 Å². The lowest BCUT2D eigenvalue weighted by Gasteiger charge is -2.26. The van der Waals surface area contributed by atoms with E-state index in [1.54, 1.807) is 13.8 Å². The third-order valence-corrected chi connectivity index (χ3v) is 2.56. The van der Waals surface area contributed by atoms with Crippen molar-refractivity contribution < 1.29 is 17.0 Å². The number of rotatable bonds is 4. The van der Waals surface area contributed by atoms with Crippen LogP contribution in [0.5, 0.6) is 0 Å². The second-order valence-electron chi connectivity index (χ2n) is 1.66. The van der Waals surface area contributed by atoms with E-state index in [0.717, 1.165) is 4.31 Å². The van der Waals surface area contributed by atoms with Gasteiger partial charge in [0.1, 0.15) is 0 Å². The molecule has 0 saturated carbocycles. The molecule has 0 radical (unpaired) electrons. The molecule has 0 aliphatic heterocycles. The highest BCUT2D eigenvalue weighted by Gasteiger charge is 2.15. The van der Waals surface area contributed by atoms with E-state index >= 15 is 0 Å². The van der Waals surface area contributed by atoms with Crippen LogP contribution in [0.1, 0.15) is 13.8 Å². The Kier molecular flexibility index (Phi) is 3.92. The zero-order chi connectivity index (χ0) is 8.20. The van der Waals surface area contributed by atoms with Crippen molar-refractivity contribution in [3.05, 3.63) is 0 Å². The monoisotopic (exact) mass is 175 g/mol. The third-order valence-electron chi connectivity index (χ3n) is 1.15. The summed E-state index contributed by atoms with van der Waals surface area (Å²) in [5.74, 6) is 0. The van der Waals surface area contributed by atoms with Gasteiger partial charge < -0.3 is 0 Å². The first-order chi connectivity index (χ1) is 4.58. The van der Waals surface area contributed by atoms with Crippen molar-refractivity contribution in [1.29, 1.82) is 0 Å². The van der Waals surface area contributed by atoms with Crippen molar-refractivity contribution in [3.8, 4) is 0 Å². The number of hydrogen-bond donors (Lipinski definition) is 1. The van der Waals surface area contributed by atoms with E-state index in [2.05, 4.69) is 4.39 Å². The summed E-state index contributed by atoms with van der Waals surface area (Å²) in [6.07, 6.45) is 0. The highest BCUT2D eigenvalue weighted by atomic mass is 32.3. The summed E-state index contributed by atoms with van der Waals surface area (Å²) in [6.45, 7) is 3.45. The predicted octanol–water partition coefficient (Wildman–Crippen LogP) is 0.960. The highest BCUT2D eigenvalue weighted by molar-refractivity contribution is 7.91. The molecule has 0 unspecified atom stereocenters. The molecule has 0 aromatic rings. The minimum Gasteiger partial charge on any atom is -0.186 e. The molecule has 0 rings (SSSR count). The number of nitrogens with zero attached hydrogens (tertiary/aromatic N) is 1. The number of halogens is 2. The molecule has 6 heteroatoms. The van der Waals surface area contributed by atoms with Crippen LogP contribution >= 0.6 is 0 Å². The smallest absolute Gasteiger partial charge is 0.0166 e. The van der Waals surface area contributed by atoms with Crippen molar-refractivity contribution in [2.45, 2.75) is 13.8 Å². The summed E-state index contributed by atoms with van der Waals surface area (Å²) in [5.41, 5.74) is 0. The summed E-state index contributed by atoms with van der Waals surface area (Å²) in [4.78, 5) is 0. The maximum Gasteiger partial charge on any atom is 0.0166 e. The molecular weight excluding hydrogens is 164 g/mol. The van der Waals surface area contributed by atoms with Crippen LogP contribution in [0.3, 0.4) is 0 Å². The topological polar surface area (TPSA) is 29.5 Å². The maximum atomic E-state index is 12.4. The fraction of sp³-hybridized carbons (Fsp3) is 1.00. The van der Waals surface area contributed by atoms with Crippen LogP contribution < -0.4 is 0 Å². The summed E-state index contributed by atoms with van der Waals surface area (Å²) in [6, 6.07) is 0. The van der Waals surface area contributed by atoms with Gasteiger partial charge in [-0.05, 0) is 8.91 Å². The van der Waals surface area contributed by atoms with E-state index in [0.29, 0.717) is 0 Å². The summed E-state index contributed by atoms with van der Waals surface area (Å²) >= 11 is 0. The van der Waals surface area contributed by atoms with E-state index in [1.165, 1.54) is 0 Å². The quantitative estimate of drug-likeness (QED) is 0.509. The van der Waals surface area contributed by atoms with Crippen LogP contribution in [0, 0.1) is 0 Å². The Morgan fingerprint density at radius 3 is 2.00 bits per heavy atom. The van der Waals surface area contributed by atoms with Gasteiger partial charge in [0.2, 0.25) is 0 Å². The molecule has 0 atom stereocenters. The fourth-order valence-corrected chi connectivity index (χ4v) is 1.37. The van der Waals surface area contributed by atoms with Gasteiger partial charge in [0, 0.05) is 23.9 Å². The predicted molar refractivity (Wildman–Crippen MR) is 35.8 cm³/mol. The normalized spacial score (nSPS) is 14.1. The lowest BCUT2D eigenvalue weighted by molar-refractivity contribution is -0.0125. The second-order valence-corrected chi connectivity index (χ2v) is 3.27. The molecule has 0 aliphatic rings. The van der Waals surface area contributed by atoms with Crippen molar-refractivity contribution in [1.82, 2.24) is 4.31 Å². The van der Waals surface area contributed by atoms with Crippen LogP contribution in [0.25, 0.3) is 0 Å². The number of hydrogen-bond acceptors (Lipinski definition) is 2. The van der Waals surface area contributed by atoms with Crippen LogP contribution in [0.15, 0.2) is 0 Å². The Morgan fingerprint density at radius 2 is 1.90 bits per heavy atom. The van der Waals surface area contributed by atoms with E-state index < -0.39 is 10.8 Å².